The van der Waals surface area contributed by atoms with Crippen molar-refractivity contribution in [1.29, 1.82) is 0 Å². The van der Waals surface area contributed by atoms with E-state index in [2.05, 4.69) is 12.3 Å². The summed E-state index contributed by atoms with van der Waals surface area (Å²) < 4.78 is 0. The highest BCUT2D eigenvalue weighted by atomic mass is 35.5. The molecule has 1 nitrogen and oxygen atoms in total. The fourth-order valence-corrected chi connectivity index (χ4v) is 3.53. The van der Waals surface area contributed by atoms with Crippen LogP contribution in [0, 0.1) is 0 Å². The van der Waals surface area contributed by atoms with E-state index in [0.717, 1.165) is 5.02 Å². The van der Waals surface area contributed by atoms with Gasteiger partial charge < -0.3 is 5.73 Å². The fourth-order valence-electron chi connectivity index (χ4n) is 2.35. The van der Waals surface area contributed by atoms with Gasteiger partial charge in [0.1, 0.15) is 0 Å². The first-order valence-electron chi connectivity index (χ1n) is 5.26. The van der Waals surface area contributed by atoms with E-state index in [4.69, 9.17) is 17.3 Å². The van der Waals surface area contributed by atoms with E-state index in [0.29, 0.717) is 6.54 Å². The van der Waals surface area contributed by atoms with Gasteiger partial charge in [0.2, 0.25) is 0 Å². The van der Waals surface area contributed by atoms with Gasteiger partial charge in [-0.3, -0.25) is 0 Å². The third-order valence-corrected chi connectivity index (χ3v) is 4.52. The van der Waals surface area contributed by atoms with Crippen LogP contribution in [0.15, 0.2) is 23.1 Å². The van der Waals surface area contributed by atoms with Gasteiger partial charge in [-0.25, -0.2) is 0 Å². The SMILES string of the molecule is CSc1cccc(Cl)c1C1(CN)CCC1. The maximum Gasteiger partial charge on any atom is 0.0455 e. The van der Waals surface area contributed by atoms with Crippen LogP contribution in [0.2, 0.25) is 5.02 Å². The lowest BCUT2D eigenvalue weighted by Crippen LogP contribution is -2.42. The van der Waals surface area contributed by atoms with Gasteiger partial charge in [-0.1, -0.05) is 24.1 Å². The first-order chi connectivity index (χ1) is 7.23. The van der Waals surface area contributed by atoms with Gasteiger partial charge in [0.15, 0.2) is 0 Å². The zero-order valence-electron chi connectivity index (χ0n) is 8.92. The third-order valence-electron chi connectivity index (χ3n) is 3.43. The van der Waals surface area contributed by atoms with Crippen molar-refractivity contribution in [3.05, 3.63) is 28.8 Å². The van der Waals surface area contributed by atoms with Crippen LogP contribution in [0.1, 0.15) is 24.8 Å². The van der Waals surface area contributed by atoms with E-state index in [1.54, 1.807) is 11.8 Å². The molecule has 0 aromatic heterocycles. The standard InChI is InChI=1S/C12H16ClNS/c1-15-10-5-2-4-9(13)11(10)12(8-14)6-3-7-12/h2,4-5H,3,6-8,14H2,1H3. The summed E-state index contributed by atoms with van der Waals surface area (Å²) in [5, 5.41) is 0.881. The van der Waals surface area contributed by atoms with E-state index in [1.165, 1.54) is 29.7 Å². The second-order valence-electron chi connectivity index (χ2n) is 4.16. The monoisotopic (exact) mass is 241 g/mol. The molecule has 0 aliphatic heterocycles. The van der Waals surface area contributed by atoms with E-state index in [1.807, 2.05) is 12.1 Å². The molecule has 1 fully saturated rings. The lowest BCUT2D eigenvalue weighted by molar-refractivity contribution is 0.249. The minimum atomic E-state index is 0.163. The number of thioether (sulfide) groups is 1. The molecule has 0 heterocycles. The molecule has 1 aromatic carbocycles. The molecule has 0 radical (unpaired) electrons. The summed E-state index contributed by atoms with van der Waals surface area (Å²) >= 11 is 8.08. The molecule has 2 rings (SSSR count). The van der Waals surface area contributed by atoms with Crippen LogP contribution >= 0.6 is 23.4 Å². The summed E-state index contributed by atoms with van der Waals surface area (Å²) in [6.45, 7) is 0.713. The first-order valence-corrected chi connectivity index (χ1v) is 6.87. The van der Waals surface area contributed by atoms with Gasteiger partial charge >= 0.3 is 0 Å². The van der Waals surface area contributed by atoms with Crippen molar-refractivity contribution >= 4 is 23.4 Å². The van der Waals surface area contributed by atoms with Crippen LogP contribution in [0.3, 0.4) is 0 Å². The van der Waals surface area contributed by atoms with Crippen molar-refractivity contribution in [2.45, 2.75) is 29.6 Å². The Morgan fingerprint density at radius 3 is 2.67 bits per heavy atom. The average Bonchev–Trinajstić information content (AvgIpc) is 2.19. The number of hydrogen-bond acceptors (Lipinski definition) is 2. The van der Waals surface area contributed by atoms with Crippen LogP contribution < -0.4 is 5.73 Å². The molecule has 1 saturated carbocycles. The van der Waals surface area contributed by atoms with Crippen molar-refractivity contribution < 1.29 is 0 Å². The number of halogens is 1. The van der Waals surface area contributed by atoms with Crippen molar-refractivity contribution in [2.75, 3.05) is 12.8 Å². The number of nitrogens with two attached hydrogens (primary N) is 1. The Kier molecular flexibility index (Phi) is 3.29. The molecule has 0 atom stereocenters. The number of rotatable bonds is 3. The molecule has 2 N–H and O–H groups in total. The van der Waals surface area contributed by atoms with Crippen molar-refractivity contribution in [3.8, 4) is 0 Å². The Bertz CT molecular complexity index is 355. The lowest BCUT2D eigenvalue weighted by Gasteiger charge is -2.43. The van der Waals surface area contributed by atoms with Crippen LogP contribution in [0.5, 0.6) is 0 Å². The van der Waals surface area contributed by atoms with Crippen LogP contribution in [-0.2, 0) is 5.41 Å². The summed E-state index contributed by atoms with van der Waals surface area (Å²) in [6.07, 6.45) is 5.73. The van der Waals surface area contributed by atoms with Gasteiger partial charge in [0.25, 0.3) is 0 Å². The molecule has 1 aliphatic carbocycles. The van der Waals surface area contributed by atoms with Gasteiger partial charge in [-0.05, 0) is 36.8 Å². The molecule has 0 amide bonds. The molecule has 0 unspecified atom stereocenters. The molecule has 0 bridgehead atoms. The normalized spacial score (nSPS) is 18.6. The van der Waals surface area contributed by atoms with E-state index >= 15 is 0 Å². The number of hydrogen-bond donors (Lipinski definition) is 1. The predicted octanol–water partition coefficient (Wildman–Crippen LogP) is 3.44. The molecular weight excluding hydrogens is 226 g/mol. The molecule has 15 heavy (non-hydrogen) atoms. The van der Waals surface area contributed by atoms with Gasteiger partial charge in [0.05, 0.1) is 0 Å². The smallest absolute Gasteiger partial charge is 0.0455 e. The Morgan fingerprint density at radius 1 is 1.47 bits per heavy atom. The van der Waals surface area contributed by atoms with Gasteiger partial charge in [-0.2, -0.15) is 0 Å². The molecule has 0 saturated heterocycles. The van der Waals surface area contributed by atoms with Crippen molar-refractivity contribution in [1.82, 2.24) is 0 Å². The predicted molar refractivity (Wildman–Crippen MR) is 67.8 cm³/mol. The topological polar surface area (TPSA) is 26.0 Å². The highest BCUT2D eigenvalue weighted by Gasteiger charge is 2.40. The second kappa shape index (κ2) is 4.36. The summed E-state index contributed by atoms with van der Waals surface area (Å²) in [7, 11) is 0. The lowest BCUT2D eigenvalue weighted by atomic mass is 9.64. The molecule has 1 aliphatic rings. The minimum absolute atomic E-state index is 0.163. The fraction of sp³-hybridized carbons (Fsp3) is 0.500. The van der Waals surface area contributed by atoms with Crippen LogP contribution in [-0.4, -0.2) is 12.8 Å². The summed E-state index contributed by atoms with van der Waals surface area (Å²) in [5.41, 5.74) is 7.37. The molecular formula is C12H16ClNS. The molecule has 82 valence electrons. The van der Waals surface area contributed by atoms with E-state index < -0.39 is 0 Å². The average molecular weight is 242 g/mol. The quantitative estimate of drug-likeness (QED) is 0.821. The number of benzene rings is 1. The largest absolute Gasteiger partial charge is 0.330 e. The molecule has 0 spiro atoms. The summed E-state index contributed by atoms with van der Waals surface area (Å²) in [5.74, 6) is 0. The minimum Gasteiger partial charge on any atom is -0.330 e. The van der Waals surface area contributed by atoms with Crippen molar-refractivity contribution in [3.63, 3.8) is 0 Å². The first kappa shape index (κ1) is 11.3. The van der Waals surface area contributed by atoms with Crippen molar-refractivity contribution in [2.24, 2.45) is 5.73 Å². The zero-order chi connectivity index (χ0) is 10.9. The Labute approximate surface area is 100 Å². The zero-order valence-corrected chi connectivity index (χ0v) is 10.5. The Hall–Kier alpha value is -0.180. The maximum atomic E-state index is 6.32. The summed E-state index contributed by atoms with van der Waals surface area (Å²) in [6, 6.07) is 6.13. The second-order valence-corrected chi connectivity index (χ2v) is 5.41. The van der Waals surface area contributed by atoms with Gasteiger partial charge in [0, 0.05) is 21.9 Å². The third kappa shape index (κ3) is 1.79. The molecule has 3 heteroatoms. The van der Waals surface area contributed by atoms with E-state index in [-0.39, 0.29) is 5.41 Å². The van der Waals surface area contributed by atoms with Crippen LogP contribution in [0.25, 0.3) is 0 Å². The highest BCUT2D eigenvalue weighted by molar-refractivity contribution is 7.98. The Morgan fingerprint density at radius 2 is 2.20 bits per heavy atom. The maximum absolute atomic E-state index is 6.32. The van der Waals surface area contributed by atoms with E-state index in [9.17, 15) is 0 Å². The van der Waals surface area contributed by atoms with Crippen LogP contribution in [0.4, 0.5) is 0 Å². The summed E-state index contributed by atoms with van der Waals surface area (Å²) in [4.78, 5) is 1.28. The Balaban J connectivity index is 2.49. The van der Waals surface area contributed by atoms with Gasteiger partial charge in [-0.15, -0.1) is 11.8 Å². The highest BCUT2D eigenvalue weighted by Crippen LogP contribution is 2.48. The molecule has 1 aromatic rings.